The monoisotopic (exact) mass is 368 g/mol. The van der Waals surface area contributed by atoms with Crippen molar-refractivity contribution >= 4 is 5.91 Å². The number of carbonyl (C=O) groups is 1. The van der Waals surface area contributed by atoms with Gasteiger partial charge < -0.3 is 9.80 Å². The third-order valence-electron chi connectivity index (χ3n) is 7.10. The second kappa shape index (κ2) is 8.77. The Kier molecular flexibility index (Phi) is 6.17. The van der Waals surface area contributed by atoms with Gasteiger partial charge in [-0.25, -0.2) is 0 Å². The van der Waals surface area contributed by atoms with Crippen molar-refractivity contribution in [1.82, 2.24) is 9.80 Å². The van der Waals surface area contributed by atoms with Crippen LogP contribution in [0.1, 0.15) is 62.5 Å². The maximum Gasteiger partial charge on any atom is 0.225 e. The van der Waals surface area contributed by atoms with Crippen molar-refractivity contribution < 1.29 is 4.79 Å². The van der Waals surface area contributed by atoms with Crippen LogP contribution in [0, 0.1) is 18.8 Å². The number of hydrogen-bond donors (Lipinski definition) is 0. The summed E-state index contributed by atoms with van der Waals surface area (Å²) >= 11 is 0. The van der Waals surface area contributed by atoms with Crippen molar-refractivity contribution in [2.45, 2.75) is 70.8 Å². The van der Waals surface area contributed by atoms with E-state index in [1.54, 1.807) is 0 Å². The molecule has 0 atom stereocenters. The fraction of sp³-hybridized carbons (Fsp3) is 0.708. The van der Waals surface area contributed by atoms with Crippen LogP contribution in [0.2, 0.25) is 0 Å². The lowest BCUT2D eigenvalue weighted by Gasteiger charge is -2.37. The first kappa shape index (κ1) is 19.0. The van der Waals surface area contributed by atoms with E-state index in [0.717, 1.165) is 25.8 Å². The summed E-state index contributed by atoms with van der Waals surface area (Å²) in [4.78, 5) is 17.8. The van der Waals surface area contributed by atoms with Crippen LogP contribution in [0.25, 0.3) is 0 Å². The number of nitrogens with zero attached hydrogens (tertiary/aromatic N) is 2. The fourth-order valence-corrected chi connectivity index (χ4v) is 5.04. The van der Waals surface area contributed by atoms with Gasteiger partial charge in [0, 0.05) is 25.0 Å². The summed E-state index contributed by atoms with van der Waals surface area (Å²) in [6, 6.07) is 9.32. The predicted molar refractivity (Wildman–Crippen MR) is 111 cm³/mol. The molecule has 27 heavy (non-hydrogen) atoms. The Morgan fingerprint density at radius 3 is 2.41 bits per heavy atom. The van der Waals surface area contributed by atoms with Gasteiger partial charge in [0.25, 0.3) is 0 Å². The Balaban J connectivity index is 1.25. The maximum atomic E-state index is 12.8. The average molecular weight is 369 g/mol. The Labute approximate surface area is 165 Å². The molecule has 3 nitrogen and oxygen atoms in total. The topological polar surface area (TPSA) is 23.6 Å². The van der Waals surface area contributed by atoms with Crippen LogP contribution in [0.15, 0.2) is 24.3 Å². The smallest absolute Gasteiger partial charge is 0.225 e. The van der Waals surface area contributed by atoms with E-state index >= 15 is 0 Å². The highest BCUT2D eigenvalue weighted by Gasteiger charge is 2.38. The molecule has 0 radical (unpaired) electrons. The molecule has 0 N–H and O–H groups in total. The number of hydrogen-bond acceptors (Lipinski definition) is 2. The number of likely N-dealkylation sites (tertiary alicyclic amines) is 1. The van der Waals surface area contributed by atoms with Gasteiger partial charge in [-0.15, -0.1) is 0 Å². The summed E-state index contributed by atoms with van der Waals surface area (Å²) in [5.41, 5.74) is 2.90. The molecule has 3 heteroatoms. The van der Waals surface area contributed by atoms with Crippen LogP contribution in [-0.4, -0.2) is 47.9 Å². The molecule has 2 saturated carbocycles. The average Bonchev–Trinajstić information content (AvgIpc) is 3.41. The highest BCUT2D eigenvalue weighted by Crippen LogP contribution is 2.35. The van der Waals surface area contributed by atoms with Crippen LogP contribution in [0.5, 0.6) is 0 Å². The molecule has 1 heterocycles. The molecule has 3 fully saturated rings. The predicted octanol–water partition coefficient (Wildman–Crippen LogP) is 4.43. The SMILES string of the molecule is Cc1ccccc1CCN1CCC(CN(C(=O)C2CC2)C2CCCC2)CC1. The van der Waals surface area contributed by atoms with Gasteiger partial charge in [0.1, 0.15) is 0 Å². The van der Waals surface area contributed by atoms with E-state index in [-0.39, 0.29) is 0 Å². The zero-order chi connectivity index (χ0) is 18.6. The van der Waals surface area contributed by atoms with Crippen molar-refractivity contribution in [1.29, 1.82) is 0 Å². The number of rotatable bonds is 7. The lowest BCUT2D eigenvalue weighted by Crippen LogP contribution is -2.45. The van der Waals surface area contributed by atoms with Crippen LogP contribution >= 0.6 is 0 Å². The molecule has 148 valence electrons. The molecule has 0 aromatic heterocycles. The highest BCUT2D eigenvalue weighted by atomic mass is 16.2. The highest BCUT2D eigenvalue weighted by molar-refractivity contribution is 5.81. The van der Waals surface area contributed by atoms with Gasteiger partial charge in [0.05, 0.1) is 0 Å². The minimum Gasteiger partial charge on any atom is -0.339 e. The number of piperidine rings is 1. The molecule has 4 rings (SSSR count). The molecule has 1 amide bonds. The first-order valence-corrected chi connectivity index (χ1v) is 11.3. The van der Waals surface area contributed by atoms with Gasteiger partial charge in [-0.2, -0.15) is 0 Å². The van der Waals surface area contributed by atoms with Gasteiger partial charge in [0.2, 0.25) is 5.91 Å². The molecule has 0 bridgehead atoms. The minimum atomic E-state index is 0.375. The van der Waals surface area contributed by atoms with Crippen LogP contribution in [-0.2, 0) is 11.2 Å². The maximum absolute atomic E-state index is 12.8. The van der Waals surface area contributed by atoms with Gasteiger partial charge in [0.15, 0.2) is 0 Å². The van der Waals surface area contributed by atoms with Gasteiger partial charge >= 0.3 is 0 Å². The number of carbonyl (C=O) groups excluding carboxylic acids is 1. The standard InChI is InChI=1S/C24H36N2O/c1-19-6-2-3-7-21(19)14-17-25-15-12-20(13-16-25)18-26(23-8-4-5-9-23)24(27)22-10-11-22/h2-3,6-7,20,22-23H,4-5,8-18H2,1H3. The molecule has 0 spiro atoms. The Hall–Kier alpha value is -1.35. The molecular formula is C24H36N2O. The van der Waals surface area contributed by atoms with Gasteiger partial charge in [-0.3, -0.25) is 4.79 Å². The zero-order valence-corrected chi connectivity index (χ0v) is 17.0. The Bertz CT molecular complexity index is 625. The summed E-state index contributed by atoms with van der Waals surface area (Å²) in [7, 11) is 0. The van der Waals surface area contributed by atoms with E-state index in [1.165, 1.54) is 69.3 Å². The minimum absolute atomic E-state index is 0.375. The second-order valence-electron chi connectivity index (χ2n) is 9.16. The van der Waals surface area contributed by atoms with Gasteiger partial charge in [-0.05, 0) is 82.0 Å². The number of benzene rings is 1. The van der Waals surface area contributed by atoms with Crippen LogP contribution in [0.3, 0.4) is 0 Å². The van der Waals surface area contributed by atoms with E-state index in [2.05, 4.69) is 41.0 Å². The second-order valence-corrected chi connectivity index (χ2v) is 9.16. The quantitative estimate of drug-likeness (QED) is 0.711. The zero-order valence-electron chi connectivity index (χ0n) is 17.0. The first-order chi connectivity index (χ1) is 13.2. The van der Waals surface area contributed by atoms with Crippen molar-refractivity contribution in [3.8, 4) is 0 Å². The fourth-order valence-electron chi connectivity index (χ4n) is 5.04. The molecule has 3 aliphatic rings. The molecule has 1 aliphatic heterocycles. The molecule has 0 unspecified atom stereocenters. The van der Waals surface area contributed by atoms with Crippen LogP contribution < -0.4 is 0 Å². The Morgan fingerprint density at radius 1 is 1.04 bits per heavy atom. The van der Waals surface area contributed by atoms with E-state index in [0.29, 0.717) is 23.8 Å². The van der Waals surface area contributed by atoms with Crippen molar-refractivity contribution in [2.24, 2.45) is 11.8 Å². The van der Waals surface area contributed by atoms with E-state index < -0.39 is 0 Å². The lowest BCUT2D eigenvalue weighted by molar-refractivity contribution is -0.135. The molecule has 1 aromatic rings. The number of amides is 1. The summed E-state index contributed by atoms with van der Waals surface area (Å²) < 4.78 is 0. The third kappa shape index (κ3) is 4.93. The van der Waals surface area contributed by atoms with Crippen LogP contribution in [0.4, 0.5) is 0 Å². The van der Waals surface area contributed by atoms with Crippen molar-refractivity contribution in [3.05, 3.63) is 35.4 Å². The summed E-state index contributed by atoms with van der Waals surface area (Å²) in [6.07, 6.45) is 11.1. The largest absolute Gasteiger partial charge is 0.339 e. The molecular weight excluding hydrogens is 332 g/mol. The van der Waals surface area contributed by atoms with E-state index in [4.69, 9.17) is 0 Å². The van der Waals surface area contributed by atoms with Crippen molar-refractivity contribution in [2.75, 3.05) is 26.2 Å². The Morgan fingerprint density at radius 2 is 1.74 bits per heavy atom. The molecule has 1 saturated heterocycles. The van der Waals surface area contributed by atoms with E-state index in [1.807, 2.05) is 0 Å². The normalized spacial score (nSPS) is 22.3. The van der Waals surface area contributed by atoms with Crippen molar-refractivity contribution in [3.63, 3.8) is 0 Å². The summed E-state index contributed by atoms with van der Waals surface area (Å²) in [5.74, 6) is 1.58. The summed E-state index contributed by atoms with van der Waals surface area (Å²) in [6.45, 7) is 6.83. The molecule has 1 aromatic carbocycles. The van der Waals surface area contributed by atoms with E-state index in [9.17, 15) is 4.79 Å². The molecule has 2 aliphatic carbocycles. The third-order valence-corrected chi connectivity index (χ3v) is 7.10. The number of aryl methyl sites for hydroxylation is 1. The summed E-state index contributed by atoms with van der Waals surface area (Å²) in [5, 5.41) is 0. The first-order valence-electron chi connectivity index (χ1n) is 11.3. The van der Waals surface area contributed by atoms with Gasteiger partial charge in [-0.1, -0.05) is 37.1 Å². The lowest BCUT2D eigenvalue weighted by atomic mass is 9.94.